The van der Waals surface area contributed by atoms with Crippen LogP contribution < -0.4 is 10.6 Å². The zero-order valence-electron chi connectivity index (χ0n) is 11.6. The van der Waals surface area contributed by atoms with E-state index in [9.17, 15) is 14.9 Å². The minimum Gasteiger partial charge on any atom is -0.478 e. The fourth-order valence-corrected chi connectivity index (χ4v) is 2.80. The zero-order chi connectivity index (χ0) is 15.4. The molecule has 1 aromatic carbocycles. The van der Waals surface area contributed by atoms with Crippen LogP contribution in [0.15, 0.2) is 18.2 Å². The lowest BCUT2D eigenvalue weighted by atomic mass is 10.1. The molecule has 0 heterocycles. The smallest absolute Gasteiger partial charge is 0.335 e. The summed E-state index contributed by atoms with van der Waals surface area (Å²) in [5.74, 6) is -1.55. The average Bonchev–Trinajstić information content (AvgIpc) is 2.97. The van der Waals surface area contributed by atoms with Gasteiger partial charge in [-0.25, -0.2) is 4.79 Å². The third kappa shape index (κ3) is 3.31. The van der Waals surface area contributed by atoms with Gasteiger partial charge in [0.05, 0.1) is 23.4 Å². The van der Waals surface area contributed by atoms with Gasteiger partial charge in [0.25, 0.3) is 0 Å². The number of carboxylic acids is 1. The lowest BCUT2D eigenvalue weighted by molar-refractivity contribution is -0.116. The van der Waals surface area contributed by atoms with Crippen LogP contribution in [0.2, 0.25) is 0 Å². The van der Waals surface area contributed by atoms with E-state index in [2.05, 4.69) is 0 Å². The largest absolute Gasteiger partial charge is 0.478 e. The van der Waals surface area contributed by atoms with Gasteiger partial charge in [-0.1, -0.05) is 12.8 Å². The summed E-state index contributed by atoms with van der Waals surface area (Å²) < 4.78 is 0. The molecule has 1 aromatic rings. The molecule has 1 amide bonds. The Morgan fingerprint density at radius 3 is 2.57 bits per heavy atom. The Labute approximate surface area is 122 Å². The summed E-state index contributed by atoms with van der Waals surface area (Å²) in [4.78, 5) is 24.1. The van der Waals surface area contributed by atoms with Crippen LogP contribution >= 0.6 is 0 Å². The number of carbonyl (C=O) groups is 2. The van der Waals surface area contributed by atoms with Crippen molar-refractivity contribution >= 4 is 17.6 Å². The Kier molecular flexibility index (Phi) is 4.43. The molecule has 21 heavy (non-hydrogen) atoms. The Balaban J connectivity index is 2.41. The maximum absolute atomic E-state index is 11.3. The molecule has 110 valence electrons. The first-order valence-electron chi connectivity index (χ1n) is 6.85. The van der Waals surface area contributed by atoms with Gasteiger partial charge in [0, 0.05) is 6.04 Å². The minimum absolute atomic E-state index is 0.0335. The standard InChI is InChI=1S/C15H17N3O3/c16-8-11-7-10(15(20)21)5-6-13(11)18(9-14(17)19)12-3-1-2-4-12/h5-7,12H,1-4,9H2,(H2,17,19)(H,20,21). The molecule has 0 bridgehead atoms. The molecule has 0 atom stereocenters. The van der Waals surface area contributed by atoms with Crippen molar-refractivity contribution in [2.45, 2.75) is 31.7 Å². The molecule has 1 fully saturated rings. The molecule has 0 aliphatic heterocycles. The maximum atomic E-state index is 11.3. The molecule has 1 saturated carbocycles. The molecule has 3 N–H and O–H groups in total. The first kappa shape index (κ1) is 14.9. The van der Waals surface area contributed by atoms with Gasteiger partial charge in [-0.05, 0) is 31.0 Å². The minimum atomic E-state index is -1.08. The summed E-state index contributed by atoms with van der Waals surface area (Å²) in [6, 6.07) is 6.54. The van der Waals surface area contributed by atoms with Crippen molar-refractivity contribution in [2.75, 3.05) is 11.4 Å². The number of carboxylic acid groups (broad SMARTS) is 1. The van der Waals surface area contributed by atoms with E-state index >= 15 is 0 Å². The Morgan fingerprint density at radius 2 is 2.05 bits per heavy atom. The summed E-state index contributed by atoms with van der Waals surface area (Å²) in [6.45, 7) is 0.0335. The van der Waals surface area contributed by atoms with Crippen LogP contribution in [0.25, 0.3) is 0 Å². The quantitative estimate of drug-likeness (QED) is 0.853. The molecule has 0 spiro atoms. The summed E-state index contributed by atoms with van der Waals surface area (Å²) in [6.07, 6.45) is 4.04. The third-order valence-electron chi connectivity index (χ3n) is 3.77. The van der Waals surface area contributed by atoms with E-state index in [1.165, 1.54) is 12.1 Å². The lowest BCUT2D eigenvalue weighted by Gasteiger charge is -2.30. The number of aromatic carboxylic acids is 1. The second-order valence-corrected chi connectivity index (χ2v) is 5.18. The van der Waals surface area contributed by atoms with Gasteiger partial charge >= 0.3 is 5.97 Å². The molecule has 6 nitrogen and oxygen atoms in total. The van der Waals surface area contributed by atoms with Gasteiger partial charge in [-0.2, -0.15) is 5.26 Å². The topological polar surface area (TPSA) is 107 Å². The fourth-order valence-electron chi connectivity index (χ4n) is 2.80. The number of carbonyl (C=O) groups excluding carboxylic acids is 1. The van der Waals surface area contributed by atoms with Gasteiger partial charge in [-0.15, -0.1) is 0 Å². The highest BCUT2D eigenvalue weighted by atomic mass is 16.4. The van der Waals surface area contributed by atoms with Crippen molar-refractivity contribution in [1.29, 1.82) is 5.26 Å². The number of anilines is 1. The number of hydrogen-bond acceptors (Lipinski definition) is 4. The normalized spacial score (nSPS) is 14.6. The molecule has 6 heteroatoms. The molecule has 2 rings (SSSR count). The highest BCUT2D eigenvalue weighted by Crippen LogP contribution is 2.30. The van der Waals surface area contributed by atoms with E-state index < -0.39 is 11.9 Å². The van der Waals surface area contributed by atoms with Crippen LogP contribution in [0.4, 0.5) is 5.69 Å². The van der Waals surface area contributed by atoms with Gasteiger partial charge in [0.1, 0.15) is 6.07 Å². The van der Waals surface area contributed by atoms with E-state index in [4.69, 9.17) is 10.8 Å². The highest BCUT2D eigenvalue weighted by molar-refractivity contribution is 5.89. The van der Waals surface area contributed by atoms with Crippen molar-refractivity contribution in [3.8, 4) is 6.07 Å². The van der Waals surface area contributed by atoms with Crippen molar-refractivity contribution in [3.63, 3.8) is 0 Å². The number of hydrogen-bond donors (Lipinski definition) is 2. The third-order valence-corrected chi connectivity index (χ3v) is 3.77. The number of nitriles is 1. The van der Waals surface area contributed by atoms with Crippen LogP contribution in [0, 0.1) is 11.3 Å². The van der Waals surface area contributed by atoms with E-state index in [1.807, 2.05) is 11.0 Å². The monoisotopic (exact) mass is 287 g/mol. The molecule has 0 unspecified atom stereocenters. The molecule has 1 aliphatic carbocycles. The Morgan fingerprint density at radius 1 is 1.38 bits per heavy atom. The van der Waals surface area contributed by atoms with E-state index in [-0.39, 0.29) is 23.7 Å². The number of rotatable bonds is 5. The SMILES string of the molecule is N#Cc1cc(C(=O)O)ccc1N(CC(N)=O)C1CCCC1. The molecular formula is C15H17N3O3. The predicted octanol–water partition coefficient (Wildman–Crippen LogP) is 1.49. The average molecular weight is 287 g/mol. The molecular weight excluding hydrogens is 270 g/mol. The highest BCUT2D eigenvalue weighted by Gasteiger charge is 2.26. The van der Waals surface area contributed by atoms with Gasteiger partial charge in [0.2, 0.25) is 5.91 Å². The van der Waals surface area contributed by atoms with Crippen LogP contribution in [0.3, 0.4) is 0 Å². The van der Waals surface area contributed by atoms with Crippen molar-refractivity contribution in [2.24, 2.45) is 5.73 Å². The van der Waals surface area contributed by atoms with Gasteiger partial charge < -0.3 is 15.7 Å². The summed E-state index contributed by atoms with van der Waals surface area (Å²) in [5, 5.41) is 18.3. The van der Waals surface area contributed by atoms with Crippen LogP contribution in [0.5, 0.6) is 0 Å². The van der Waals surface area contributed by atoms with E-state index in [0.717, 1.165) is 25.7 Å². The number of amides is 1. The fraction of sp³-hybridized carbons (Fsp3) is 0.400. The molecule has 1 aliphatic rings. The summed E-state index contributed by atoms with van der Waals surface area (Å²) in [7, 11) is 0. The first-order valence-corrected chi connectivity index (χ1v) is 6.85. The van der Waals surface area contributed by atoms with Crippen molar-refractivity contribution in [3.05, 3.63) is 29.3 Å². The summed E-state index contributed by atoms with van der Waals surface area (Å²) in [5.41, 5.74) is 6.20. The lowest BCUT2D eigenvalue weighted by Crippen LogP contribution is -2.40. The van der Waals surface area contributed by atoms with E-state index in [0.29, 0.717) is 5.69 Å². The zero-order valence-corrected chi connectivity index (χ0v) is 11.6. The first-order chi connectivity index (χ1) is 10.0. The Hall–Kier alpha value is -2.55. The van der Waals surface area contributed by atoms with Crippen LogP contribution in [-0.2, 0) is 4.79 Å². The molecule has 0 saturated heterocycles. The van der Waals surface area contributed by atoms with Gasteiger partial charge in [0.15, 0.2) is 0 Å². The van der Waals surface area contributed by atoms with E-state index in [1.54, 1.807) is 6.07 Å². The predicted molar refractivity (Wildman–Crippen MR) is 76.9 cm³/mol. The van der Waals surface area contributed by atoms with Crippen molar-refractivity contribution in [1.82, 2.24) is 0 Å². The number of nitrogens with two attached hydrogens (primary N) is 1. The van der Waals surface area contributed by atoms with Crippen molar-refractivity contribution < 1.29 is 14.7 Å². The molecule has 0 aromatic heterocycles. The number of nitrogens with zero attached hydrogens (tertiary/aromatic N) is 2. The van der Waals surface area contributed by atoms with Crippen LogP contribution in [-0.4, -0.2) is 29.6 Å². The molecule has 0 radical (unpaired) electrons. The second-order valence-electron chi connectivity index (χ2n) is 5.18. The van der Waals surface area contributed by atoms with Gasteiger partial charge in [-0.3, -0.25) is 4.79 Å². The second kappa shape index (κ2) is 6.27. The maximum Gasteiger partial charge on any atom is 0.335 e. The number of primary amides is 1. The number of benzene rings is 1. The Bertz CT molecular complexity index is 601. The van der Waals surface area contributed by atoms with Crippen LogP contribution in [0.1, 0.15) is 41.6 Å². The summed E-state index contributed by atoms with van der Waals surface area (Å²) >= 11 is 0.